The van der Waals surface area contributed by atoms with E-state index in [9.17, 15) is 19.7 Å². The zero-order valence-electron chi connectivity index (χ0n) is 11.4. The van der Waals surface area contributed by atoms with Crippen molar-refractivity contribution in [1.29, 1.82) is 0 Å². The molecule has 112 valence electrons. The molecule has 0 saturated carbocycles. The van der Waals surface area contributed by atoms with E-state index in [0.29, 0.717) is 19.5 Å². The number of nitro groups is 1. The minimum atomic E-state index is -0.553. The first-order valence-corrected chi connectivity index (χ1v) is 7.17. The van der Waals surface area contributed by atoms with Gasteiger partial charge < -0.3 is 9.80 Å². The summed E-state index contributed by atoms with van der Waals surface area (Å²) in [5, 5.41) is 10.9. The van der Waals surface area contributed by atoms with Gasteiger partial charge in [0.25, 0.3) is 11.6 Å². The van der Waals surface area contributed by atoms with Crippen molar-refractivity contribution >= 4 is 33.4 Å². The topological polar surface area (TPSA) is 83.8 Å². The second kappa shape index (κ2) is 6.21. The lowest BCUT2D eigenvalue weighted by Gasteiger charge is -2.20. The molecule has 8 heteroatoms. The van der Waals surface area contributed by atoms with Crippen LogP contribution in [-0.4, -0.2) is 53.2 Å². The minimum Gasteiger partial charge on any atom is -0.344 e. The van der Waals surface area contributed by atoms with Crippen molar-refractivity contribution < 1.29 is 14.5 Å². The first-order chi connectivity index (χ1) is 9.91. The third-order valence-corrected chi connectivity index (χ3v) is 4.20. The lowest BCUT2D eigenvalue weighted by molar-refractivity contribution is -0.385. The number of nitrogens with zero attached hydrogens (tertiary/aromatic N) is 3. The van der Waals surface area contributed by atoms with Crippen LogP contribution in [0.1, 0.15) is 16.8 Å². The smallest absolute Gasteiger partial charge is 0.284 e. The summed E-state index contributed by atoms with van der Waals surface area (Å²) < 4.78 is 0.144. The molecular weight excluding hydrogens is 342 g/mol. The average Bonchev–Trinajstić information content (AvgIpc) is 2.60. The van der Waals surface area contributed by atoms with E-state index in [-0.39, 0.29) is 34.1 Å². The van der Waals surface area contributed by atoms with Gasteiger partial charge in [-0.15, -0.1) is 0 Å². The molecule has 1 saturated heterocycles. The maximum Gasteiger partial charge on any atom is 0.284 e. The molecular formula is C13H14BrN3O4. The molecule has 1 heterocycles. The van der Waals surface area contributed by atoms with Crippen molar-refractivity contribution in [3.05, 3.63) is 38.3 Å². The van der Waals surface area contributed by atoms with Gasteiger partial charge in [-0.1, -0.05) is 6.07 Å². The van der Waals surface area contributed by atoms with Gasteiger partial charge in [0.1, 0.15) is 11.0 Å². The van der Waals surface area contributed by atoms with Crippen molar-refractivity contribution in [2.24, 2.45) is 0 Å². The fraction of sp³-hybridized carbons (Fsp3) is 0.385. The van der Waals surface area contributed by atoms with Gasteiger partial charge in [0, 0.05) is 26.2 Å². The predicted octanol–water partition coefficient (Wildman–Crippen LogP) is 1.66. The third kappa shape index (κ3) is 3.21. The fourth-order valence-corrected chi connectivity index (χ4v) is 2.73. The highest BCUT2D eigenvalue weighted by Crippen LogP contribution is 2.29. The number of carbonyl (C=O) groups is 2. The molecule has 0 aromatic heterocycles. The summed E-state index contributed by atoms with van der Waals surface area (Å²) >= 11 is 3.11. The Labute approximate surface area is 129 Å². The number of halogens is 1. The summed E-state index contributed by atoms with van der Waals surface area (Å²) in [5.41, 5.74) is 0.0284. The maximum absolute atomic E-state index is 12.5. The highest BCUT2D eigenvalue weighted by molar-refractivity contribution is 9.10. The molecule has 1 fully saturated rings. The maximum atomic E-state index is 12.5. The van der Waals surface area contributed by atoms with Gasteiger partial charge in [0.2, 0.25) is 5.91 Å². The molecule has 0 N–H and O–H groups in total. The molecule has 0 bridgehead atoms. The number of rotatable bonds is 2. The van der Waals surface area contributed by atoms with Gasteiger partial charge in [-0.05, 0) is 28.4 Å². The highest BCUT2D eigenvalue weighted by atomic mass is 79.9. The monoisotopic (exact) mass is 355 g/mol. The summed E-state index contributed by atoms with van der Waals surface area (Å²) in [6.07, 6.45) is 0.681. The summed E-state index contributed by atoms with van der Waals surface area (Å²) in [6.45, 7) is 1.03. The van der Waals surface area contributed by atoms with Crippen molar-refractivity contribution in [3.63, 3.8) is 0 Å². The van der Waals surface area contributed by atoms with Crippen molar-refractivity contribution in [3.8, 4) is 0 Å². The zero-order valence-corrected chi connectivity index (χ0v) is 13.0. The van der Waals surface area contributed by atoms with Crippen LogP contribution in [0.4, 0.5) is 5.69 Å². The fourth-order valence-electron chi connectivity index (χ4n) is 2.16. The van der Waals surface area contributed by atoms with Crippen LogP contribution in [0.2, 0.25) is 0 Å². The zero-order chi connectivity index (χ0) is 15.6. The van der Waals surface area contributed by atoms with Crippen LogP contribution in [0.15, 0.2) is 22.7 Å². The number of hydrogen-bond donors (Lipinski definition) is 0. The second-order valence-corrected chi connectivity index (χ2v) is 5.58. The molecule has 1 aromatic carbocycles. The Morgan fingerprint density at radius 3 is 2.76 bits per heavy atom. The lowest BCUT2D eigenvalue weighted by Crippen LogP contribution is -2.38. The molecule has 2 amide bonds. The first kappa shape index (κ1) is 15.4. The molecule has 1 aliphatic rings. The van der Waals surface area contributed by atoms with Gasteiger partial charge >= 0.3 is 0 Å². The Kier molecular flexibility index (Phi) is 4.56. The molecule has 1 aliphatic heterocycles. The Hall–Kier alpha value is -1.96. The molecule has 2 rings (SSSR count). The number of benzene rings is 1. The summed E-state index contributed by atoms with van der Waals surface area (Å²) in [5.74, 6) is -0.517. The SMILES string of the molecule is CN1CCCN(C(=O)c2cccc([N+](=O)[O-])c2Br)CC1=O. The number of carbonyl (C=O) groups excluding carboxylic acids is 2. The Morgan fingerprint density at radius 1 is 1.38 bits per heavy atom. The summed E-state index contributed by atoms with van der Waals surface area (Å²) in [6, 6.07) is 4.29. The van der Waals surface area contributed by atoms with Crippen LogP contribution in [0, 0.1) is 10.1 Å². The number of likely N-dealkylation sites (N-methyl/N-ethyl adjacent to an activating group) is 1. The van der Waals surface area contributed by atoms with E-state index >= 15 is 0 Å². The molecule has 0 unspecified atom stereocenters. The second-order valence-electron chi connectivity index (χ2n) is 4.79. The minimum absolute atomic E-state index is 0.00946. The van der Waals surface area contributed by atoms with E-state index in [1.165, 1.54) is 23.1 Å². The quantitative estimate of drug-likeness (QED) is 0.596. The van der Waals surface area contributed by atoms with Crippen LogP contribution in [0.3, 0.4) is 0 Å². The molecule has 1 aromatic rings. The van der Waals surface area contributed by atoms with Crippen molar-refractivity contribution in [2.45, 2.75) is 6.42 Å². The Balaban J connectivity index is 2.30. The van der Waals surface area contributed by atoms with Crippen LogP contribution in [-0.2, 0) is 4.79 Å². The van der Waals surface area contributed by atoms with Gasteiger partial charge in [0.15, 0.2) is 0 Å². The molecule has 0 radical (unpaired) electrons. The highest BCUT2D eigenvalue weighted by Gasteiger charge is 2.27. The van der Waals surface area contributed by atoms with E-state index < -0.39 is 4.92 Å². The van der Waals surface area contributed by atoms with Gasteiger partial charge in [0.05, 0.1) is 10.5 Å². The summed E-state index contributed by atoms with van der Waals surface area (Å²) in [4.78, 5) is 37.7. The van der Waals surface area contributed by atoms with Crippen LogP contribution < -0.4 is 0 Å². The van der Waals surface area contributed by atoms with Gasteiger partial charge in [-0.3, -0.25) is 19.7 Å². The number of hydrogen-bond acceptors (Lipinski definition) is 4. The number of nitro benzene ring substituents is 1. The molecule has 0 aliphatic carbocycles. The van der Waals surface area contributed by atoms with Crippen LogP contribution in [0.5, 0.6) is 0 Å². The summed E-state index contributed by atoms with van der Waals surface area (Å²) in [7, 11) is 1.69. The van der Waals surface area contributed by atoms with E-state index in [2.05, 4.69) is 15.9 Å². The first-order valence-electron chi connectivity index (χ1n) is 6.38. The lowest BCUT2D eigenvalue weighted by atomic mass is 10.1. The van der Waals surface area contributed by atoms with E-state index in [1.54, 1.807) is 11.9 Å². The molecule has 21 heavy (non-hydrogen) atoms. The van der Waals surface area contributed by atoms with E-state index in [0.717, 1.165) is 0 Å². The molecule has 0 atom stereocenters. The third-order valence-electron chi connectivity index (χ3n) is 3.37. The van der Waals surface area contributed by atoms with Gasteiger partial charge in [-0.25, -0.2) is 0 Å². The standard InChI is InChI=1S/C13H14BrN3O4/c1-15-6-3-7-16(8-11(15)18)13(19)9-4-2-5-10(12(9)14)17(20)21/h2,4-5H,3,6-8H2,1H3. The molecule has 7 nitrogen and oxygen atoms in total. The van der Waals surface area contributed by atoms with Gasteiger partial charge in [-0.2, -0.15) is 0 Å². The normalized spacial score (nSPS) is 15.8. The van der Waals surface area contributed by atoms with Crippen LogP contribution >= 0.6 is 15.9 Å². The van der Waals surface area contributed by atoms with Crippen molar-refractivity contribution in [2.75, 3.05) is 26.7 Å². The predicted molar refractivity (Wildman–Crippen MR) is 79.0 cm³/mol. The van der Waals surface area contributed by atoms with Crippen LogP contribution in [0.25, 0.3) is 0 Å². The average molecular weight is 356 g/mol. The Morgan fingerprint density at radius 2 is 2.10 bits per heavy atom. The van der Waals surface area contributed by atoms with E-state index in [4.69, 9.17) is 0 Å². The molecule has 0 spiro atoms. The van der Waals surface area contributed by atoms with Crippen molar-refractivity contribution in [1.82, 2.24) is 9.80 Å². The van der Waals surface area contributed by atoms with E-state index in [1.807, 2.05) is 0 Å². The largest absolute Gasteiger partial charge is 0.344 e. The Bertz CT molecular complexity index is 605. The number of amides is 2.